The zero-order chi connectivity index (χ0) is 14.8. The van der Waals surface area contributed by atoms with Gasteiger partial charge in [-0.15, -0.1) is 0 Å². The topological polar surface area (TPSA) is 66.8 Å². The van der Waals surface area contributed by atoms with Gasteiger partial charge in [0.05, 0.1) is 13.2 Å². The highest BCUT2D eigenvalue weighted by molar-refractivity contribution is 5.89. The molecule has 1 aliphatic heterocycles. The van der Waals surface area contributed by atoms with Gasteiger partial charge in [-0.05, 0) is 36.5 Å². The maximum Gasteiger partial charge on any atom is 0.414 e. The third-order valence-corrected chi connectivity index (χ3v) is 4.30. The summed E-state index contributed by atoms with van der Waals surface area (Å²) in [5, 5.41) is 9.05. The van der Waals surface area contributed by atoms with E-state index in [0.717, 1.165) is 18.5 Å². The summed E-state index contributed by atoms with van der Waals surface area (Å²) in [6, 6.07) is 7.87. The van der Waals surface area contributed by atoms with Gasteiger partial charge in [-0.1, -0.05) is 12.1 Å². The summed E-state index contributed by atoms with van der Waals surface area (Å²) < 4.78 is 5.04. The number of benzene rings is 1. The normalized spacial score (nSPS) is 23.5. The van der Waals surface area contributed by atoms with Gasteiger partial charge in [-0.2, -0.15) is 0 Å². The molecule has 1 aromatic rings. The van der Waals surface area contributed by atoms with Gasteiger partial charge in [-0.3, -0.25) is 9.69 Å². The van der Waals surface area contributed by atoms with Crippen molar-refractivity contribution in [2.75, 3.05) is 18.1 Å². The molecule has 2 aliphatic rings. The highest BCUT2D eigenvalue weighted by atomic mass is 16.6. The number of amides is 1. The molecule has 1 aromatic carbocycles. The van der Waals surface area contributed by atoms with E-state index in [1.807, 2.05) is 24.3 Å². The first kappa shape index (κ1) is 14.1. The van der Waals surface area contributed by atoms with E-state index in [4.69, 9.17) is 9.84 Å². The van der Waals surface area contributed by atoms with Gasteiger partial charge >= 0.3 is 6.09 Å². The van der Waals surface area contributed by atoms with E-state index in [-0.39, 0.29) is 6.61 Å². The summed E-state index contributed by atoms with van der Waals surface area (Å²) in [7, 11) is 0. The minimum absolute atomic E-state index is 0.156. The summed E-state index contributed by atoms with van der Waals surface area (Å²) >= 11 is 0. The SMILES string of the molecule is O=C1CCC(c2ccc(N3CC(CO)OC3=O)cc2)CC1. The van der Waals surface area contributed by atoms with Crippen LogP contribution in [0.3, 0.4) is 0 Å². The standard InChI is InChI=1S/C16H19NO4/c18-10-15-9-17(16(20)21-15)13-5-1-11(2-6-13)12-3-7-14(19)8-4-12/h1-2,5-6,12,15,18H,3-4,7-10H2. The number of Topliss-reactive ketones (excluding diaryl/α,β-unsaturated/α-hetero) is 1. The number of anilines is 1. The van der Waals surface area contributed by atoms with Crippen LogP contribution in [-0.4, -0.2) is 36.2 Å². The van der Waals surface area contributed by atoms with E-state index in [9.17, 15) is 9.59 Å². The van der Waals surface area contributed by atoms with Crippen LogP contribution in [0.4, 0.5) is 10.5 Å². The predicted molar refractivity (Wildman–Crippen MR) is 77.4 cm³/mol. The number of carbonyl (C=O) groups excluding carboxylic acids is 2. The minimum Gasteiger partial charge on any atom is -0.441 e. The molecule has 1 unspecified atom stereocenters. The molecule has 3 rings (SSSR count). The monoisotopic (exact) mass is 289 g/mol. The molecule has 1 N–H and O–H groups in total. The van der Waals surface area contributed by atoms with Crippen LogP contribution in [0.25, 0.3) is 0 Å². The first-order valence-electron chi connectivity index (χ1n) is 7.38. The van der Waals surface area contributed by atoms with Gasteiger partial charge in [0.15, 0.2) is 0 Å². The lowest BCUT2D eigenvalue weighted by Crippen LogP contribution is -2.25. The van der Waals surface area contributed by atoms with Crippen molar-refractivity contribution in [3.63, 3.8) is 0 Å². The van der Waals surface area contributed by atoms with Crippen molar-refractivity contribution in [2.24, 2.45) is 0 Å². The number of ether oxygens (including phenoxy) is 1. The summed E-state index contributed by atoms with van der Waals surface area (Å²) in [5.41, 5.74) is 2.00. The first-order valence-corrected chi connectivity index (χ1v) is 7.38. The number of cyclic esters (lactones) is 1. The van der Waals surface area contributed by atoms with Crippen molar-refractivity contribution in [1.82, 2.24) is 0 Å². The van der Waals surface area contributed by atoms with Gasteiger partial charge < -0.3 is 9.84 Å². The molecule has 0 aromatic heterocycles. The van der Waals surface area contributed by atoms with Crippen molar-refractivity contribution >= 4 is 17.6 Å². The second-order valence-electron chi connectivity index (χ2n) is 5.70. The molecule has 0 bridgehead atoms. The number of hydrogen-bond donors (Lipinski definition) is 1. The Morgan fingerprint density at radius 1 is 1.14 bits per heavy atom. The summed E-state index contributed by atoms with van der Waals surface area (Å²) in [6.45, 7) is 0.225. The Kier molecular flexibility index (Phi) is 3.92. The van der Waals surface area contributed by atoms with Crippen LogP contribution in [0.15, 0.2) is 24.3 Å². The molecule has 21 heavy (non-hydrogen) atoms. The van der Waals surface area contributed by atoms with Crippen LogP contribution in [0.5, 0.6) is 0 Å². The number of carbonyl (C=O) groups is 2. The maximum atomic E-state index is 11.7. The Balaban J connectivity index is 1.69. The highest BCUT2D eigenvalue weighted by Crippen LogP contribution is 2.32. The number of aliphatic hydroxyl groups excluding tert-OH is 1. The average molecular weight is 289 g/mol. The van der Waals surface area contributed by atoms with E-state index >= 15 is 0 Å². The van der Waals surface area contributed by atoms with Gasteiger partial charge in [0.1, 0.15) is 11.9 Å². The highest BCUT2D eigenvalue weighted by Gasteiger charge is 2.31. The molecule has 112 valence electrons. The van der Waals surface area contributed by atoms with E-state index in [1.54, 1.807) is 0 Å². The van der Waals surface area contributed by atoms with E-state index < -0.39 is 12.2 Å². The molecule has 1 saturated heterocycles. The van der Waals surface area contributed by atoms with Gasteiger partial charge in [0, 0.05) is 18.5 Å². The van der Waals surface area contributed by atoms with Crippen LogP contribution >= 0.6 is 0 Å². The van der Waals surface area contributed by atoms with Gasteiger partial charge in [-0.25, -0.2) is 4.79 Å². The third-order valence-electron chi connectivity index (χ3n) is 4.30. The van der Waals surface area contributed by atoms with Crippen LogP contribution < -0.4 is 4.90 Å². The Hall–Kier alpha value is -1.88. The Labute approximate surface area is 123 Å². The smallest absolute Gasteiger partial charge is 0.414 e. The molecular formula is C16H19NO4. The molecule has 1 aliphatic carbocycles. The molecule has 1 atom stereocenters. The predicted octanol–water partition coefficient (Wildman–Crippen LogP) is 2.23. The largest absolute Gasteiger partial charge is 0.441 e. The third kappa shape index (κ3) is 2.93. The first-order chi connectivity index (χ1) is 10.2. The number of hydrogen-bond acceptors (Lipinski definition) is 4. The molecule has 0 radical (unpaired) electrons. The number of rotatable bonds is 3. The molecule has 1 amide bonds. The summed E-state index contributed by atoms with van der Waals surface area (Å²) in [5.74, 6) is 0.796. The maximum absolute atomic E-state index is 11.7. The quantitative estimate of drug-likeness (QED) is 0.926. The second-order valence-corrected chi connectivity index (χ2v) is 5.70. The van der Waals surface area contributed by atoms with Crippen molar-refractivity contribution in [3.8, 4) is 0 Å². The molecule has 2 fully saturated rings. The fraction of sp³-hybridized carbons (Fsp3) is 0.500. The van der Waals surface area contributed by atoms with Crippen LogP contribution in [0, 0.1) is 0 Å². The zero-order valence-corrected chi connectivity index (χ0v) is 11.8. The van der Waals surface area contributed by atoms with Crippen molar-refractivity contribution in [3.05, 3.63) is 29.8 Å². The Morgan fingerprint density at radius 2 is 1.81 bits per heavy atom. The molecule has 5 nitrogen and oxygen atoms in total. The van der Waals surface area contributed by atoms with Crippen LogP contribution in [0.2, 0.25) is 0 Å². The number of ketones is 1. The van der Waals surface area contributed by atoms with E-state index in [1.165, 1.54) is 10.5 Å². The Morgan fingerprint density at radius 3 is 2.38 bits per heavy atom. The number of aliphatic hydroxyl groups is 1. The molecular weight excluding hydrogens is 270 g/mol. The van der Waals surface area contributed by atoms with Gasteiger partial charge in [0.25, 0.3) is 0 Å². The van der Waals surface area contributed by atoms with Gasteiger partial charge in [0.2, 0.25) is 0 Å². The minimum atomic E-state index is -0.443. The summed E-state index contributed by atoms with van der Waals surface area (Å²) in [6.07, 6.45) is 2.31. The lowest BCUT2D eigenvalue weighted by Gasteiger charge is -2.22. The van der Waals surface area contributed by atoms with Crippen molar-refractivity contribution in [2.45, 2.75) is 37.7 Å². The van der Waals surface area contributed by atoms with E-state index in [0.29, 0.717) is 31.1 Å². The molecule has 5 heteroatoms. The summed E-state index contributed by atoms with van der Waals surface area (Å²) in [4.78, 5) is 24.5. The molecule has 1 heterocycles. The average Bonchev–Trinajstić information content (AvgIpc) is 2.89. The van der Waals surface area contributed by atoms with Crippen LogP contribution in [-0.2, 0) is 9.53 Å². The Bertz CT molecular complexity index is 530. The fourth-order valence-electron chi connectivity index (χ4n) is 3.03. The van der Waals surface area contributed by atoms with Crippen molar-refractivity contribution in [1.29, 1.82) is 0 Å². The lowest BCUT2D eigenvalue weighted by molar-refractivity contribution is -0.120. The second kappa shape index (κ2) is 5.85. The van der Waals surface area contributed by atoms with E-state index in [2.05, 4.69) is 0 Å². The van der Waals surface area contributed by atoms with Crippen LogP contribution in [0.1, 0.15) is 37.2 Å². The lowest BCUT2D eigenvalue weighted by atomic mass is 9.83. The number of nitrogens with zero attached hydrogens (tertiary/aromatic N) is 1. The zero-order valence-electron chi connectivity index (χ0n) is 11.8. The molecule has 1 saturated carbocycles. The fourth-order valence-corrected chi connectivity index (χ4v) is 3.03. The van der Waals surface area contributed by atoms with Crippen molar-refractivity contribution < 1.29 is 19.4 Å². The molecule has 0 spiro atoms.